The Labute approximate surface area is 108 Å². The first-order valence-corrected chi connectivity index (χ1v) is 6.73. The molecule has 0 saturated heterocycles. The number of hydrogen-bond donors (Lipinski definition) is 2. The number of amides is 2. The molecule has 0 heterocycles. The lowest BCUT2D eigenvalue weighted by molar-refractivity contribution is -0.141. The lowest BCUT2D eigenvalue weighted by atomic mass is 10.1. The van der Waals surface area contributed by atoms with Crippen molar-refractivity contribution in [2.75, 3.05) is 13.6 Å². The van der Waals surface area contributed by atoms with Gasteiger partial charge in [-0.1, -0.05) is 6.92 Å². The molecule has 18 heavy (non-hydrogen) atoms. The highest BCUT2D eigenvalue weighted by Gasteiger charge is 2.42. The maximum atomic E-state index is 12.0. The van der Waals surface area contributed by atoms with Gasteiger partial charge in [0, 0.05) is 19.6 Å². The second-order valence-corrected chi connectivity index (χ2v) is 5.77. The third-order valence-electron chi connectivity index (χ3n) is 3.87. The van der Waals surface area contributed by atoms with E-state index in [0.717, 1.165) is 0 Å². The first-order valence-electron chi connectivity index (χ1n) is 6.73. The van der Waals surface area contributed by atoms with Crippen molar-refractivity contribution in [3.05, 3.63) is 0 Å². The molecule has 1 atom stereocenters. The summed E-state index contributed by atoms with van der Waals surface area (Å²) in [6, 6.07) is 0.187. The zero-order valence-corrected chi connectivity index (χ0v) is 11.1. The second-order valence-electron chi connectivity index (χ2n) is 5.77. The van der Waals surface area contributed by atoms with Gasteiger partial charge in [-0.2, -0.15) is 0 Å². The first-order chi connectivity index (χ1) is 8.49. The number of urea groups is 1. The van der Waals surface area contributed by atoms with Crippen LogP contribution in [0.15, 0.2) is 0 Å². The van der Waals surface area contributed by atoms with Gasteiger partial charge in [-0.05, 0) is 37.5 Å². The van der Waals surface area contributed by atoms with Crippen molar-refractivity contribution >= 4 is 12.0 Å². The van der Waals surface area contributed by atoms with Gasteiger partial charge in [-0.3, -0.25) is 4.79 Å². The number of hydrogen-bond acceptors (Lipinski definition) is 2. The maximum Gasteiger partial charge on any atom is 0.317 e. The smallest absolute Gasteiger partial charge is 0.317 e. The second kappa shape index (κ2) is 5.16. The average molecular weight is 254 g/mol. The fraction of sp³-hybridized carbons (Fsp3) is 0.846. The highest BCUT2D eigenvalue weighted by Crippen LogP contribution is 2.44. The number of aliphatic carboxylic acids is 1. The summed E-state index contributed by atoms with van der Waals surface area (Å²) in [5.74, 6) is -0.0740. The minimum Gasteiger partial charge on any atom is -0.481 e. The molecule has 2 N–H and O–H groups in total. The zero-order chi connectivity index (χ0) is 13.3. The molecule has 0 radical (unpaired) electrons. The molecule has 2 aliphatic rings. The summed E-state index contributed by atoms with van der Waals surface area (Å²) in [5.41, 5.74) is 0. The minimum absolute atomic E-state index is 0.133. The fourth-order valence-corrected chi connectivity index (χ4v) is 2.36. The van der Waals surface area contributed by atoms with Crippen LogP contribution < -0.4 is 5.32 Å². The van der Waals surface area contributed by atoms with Crippen molar-refractivity contribution in [1.82, 2.24) is 10.2 Å². The van der Waals surface area contributed by atoms with Crippen LogP contribution in [0.3, 0.4) is 0 Å². The Balaban J connectivity index is 1.80. The van der Waals surface area contributed by atoms with E-state index >= 15 is 0 Å². The van der Waals surface area contributed by atoms with Gasteiger partial charge in [0.15, 0.2) is 0 Å². The standard InChI is InChI=1S/C13H22N2O3/c1-8(12(16)17)7-15(2)13(18)14-11(9-3-4-9)10-5-6-10/h8-11H,3-7H2,1-2H3,(H,14,18)(H,16,17). The van der Waals surface area contributed by atoms with Crippen LogP contribution in [0.4, 0.5) is 4.79 Å². The van der Waals surface area contributed by atoms with E-state index < -0.39 is 11.9 Å². The monoisotopic (exact) mass is 254 g/mol. The van der Waals surface area contributed by atoms with Gasteiger partial charge in [0.2, 0.25) is 0 Å². The van der Waals surface area contributed by atoms with Gasteiger partial charge in [0.1, 0.15) is 0 Å². The topological polar surface area (TPSA) is 69.6 Å². The highest BCUT2D eigenvalue weighted by molar-refractivity contribution is 5.76. The van der Waals surface area contributed by atoms with E-state index in [2.05, 4.69) is 5.32 Å². The molecule has 2 saturated carbocycles. The lowest BCUT2D eigenvalue weighted by Crippen LogP contribution is -2.46. The summed E-state index contributed by atoms with van der Waals surface area (Å²) < 4.78 is 0. The summed E-state index contributed by atoms with van der Waals surface area (Å²) in [7, 11) is 1.66. The lowest BCUT2D eigenvalue weighted by Gasteiger charge is -2.24. The van der Waals surface area contributed by atoms with Crippen molar-refractivity contribution in [3.8, 4) is 0 Å². The summed E-state index contributed by atoms with van der Waals surface area (Å²) in [4.78, 5) is 24.2. The molecule has 2 rings (SSSR count). The molecule has 2 fully saturated rings. The molecule has 0 aromatic heterocycles. The number of carboxylic acid groups (broad SMARTS) is 1. The third-order valence-corrected chi connectivity index (χ3v) is 3.87. The van der Waals surface area contributed by atoms with E-state index in [9.17, 15) is 9.59 Å². The Kier molecular flexibility index (Phi) is 3.78. The number of nitrogens with zero attached hydrogens (tertiary/aromatic N) is 1. The molecule has 0 aromatic carbocycles. The van der Waals surface area contributed by atoms with E-state index in [4.69, 9.17) is 5.11 Å². The van der Waals surface area contributed by atoms with Gasteiger partial charge < -0.3 is 15.3 Å². The van der Waals surface area contributed by atoms with Crippen molar-refractivity contribution in [2.24, 2.45) is 17.8 Å². The van der Waals surface area contributed by atoms with Crippen LogP contribution >= 0.6 is 0 Å². The molecular formula is C13H22N2O3. The predicted molar refractivity (Wildman–Crippen MR) is 67.2 cm³/mol. The Morgan fingerprint density at radius 1 is 1.28 bits per heavy atom. The Bertz CT molecular complexity index is 325. The Morgan fingerprint density at radius 2 is 1.78 bits per heavy atom. The van der Waals surface area contributed by atoms with E-state index in [1.165, 1.54) is 30.6 Å². The molecule has 0 aliphatic heterocycles. The number of carbonyl (C=O) groups is 2. The first kappa shape index (κ1) is 13.2. The largest absolute Gasteiger partial charge is 0.481 e. The highest BCUT2D eigenvalue weighted by atomic mass is 16.4. The molecule has 2 amide bonds. The van der Waals surface area contributed by atoms with E-state index in [-0.39, 0.29) is 12.6 Å². The molecule has 0 bridgehead atoms. The Hall–Kier alpha value is -1.26. The summed E-state index contributed by atoms with van der Waals surface area (Å²) in [6.07, 6.45) is 4.88. The van der Waals surface area contributed by atoms with Gasteiger partial charge >= 0.3 is 12.0 Å². The molecule has 5 nitrogen and oxygen atoms in total. The molecular weight excluding hydrogens is 232 g/mol. The number of carbonyl (C=O) groups excluding carboxylic acids is 1. The van der Waals surface area contributed by atoms with Crippen molar-refractivity contribution < 1.29 is 14.7 Å². The number of carboxylic acids is 1. The van der Waals surface area contributed by atoms with Gasteiger partial charge in [-0.25, -0.2) is 4.79 Å². The van der Waals surface area contributed by atoms with Crippen LogP contribution in [0, 0.1) is 17.8 Å². The maximum absolute atomic E-state index is 12.0. The van der Waals surface area contributed by atoms with Crippen LogP contribution in [-0.2, 0) is 4.79 Å². The van der Waals surface area contributed by atoms with Crippen LogP contribution in [0.25, 0.3) is 0 Å². The Morgan fingerprint density at radius 3 is 2.17 bits per heavy atom. The molecule has 1 unspecified atom stereocenters. The summed E-state index contributed by atoms with van der Waals surface area (Å²) >= 11 is 0. The minimum atomic E-state index is -0.865. The molecule has 102 valence electrons. The van der Waals surface area contributed by atoms with Crippen molar-refractivity contribution in [1.29, 1.82) is 0 Å². The van der Waals surface area contributed by atoms with Crippen molar-refractivity contribution in [2.45, 2.75) is 38.6 Å². The number of nitrogens with one attached hydrogen (secondary N) is 1. The van der Waals surface area contributed by atoms with E-state index in [1.54, 1.807) is 14.0 Å². The molecule has 2 aliphatic carbocycles. The van der Waals surface area contributed by atoms with Crippen LogP contribution in [-0.4, -0.2) is 41.6 Å². The summed E-state index contributed by atoms with van der Waals surface area (Å²) in [5, 5.41) is 11.9. The van der Waals surface area contributed by atoms with Crippen LogP contribution in [0.5, 0.6) is 0 Å². The quantitative estimate of drug-likeness (QED) is 0.755. The number of rotatable bonds is 6. The predicted octanol–water partition coefficient (Wildman–Crippen LogP) is 1.54. The molecule has 0 aromatic rings. The molecule has 0 spiro atoms. The SMILES string of the molecule is CC(CN(C)C(=O)NC(C1CC1)C1CC1)C(=O)O. The van der Waals surface area contributed by atoms with Gasteiger partial charge in [0.25, 0.3) is 0 Å². The van der Waals surface area contributed by atoms with Gasteiger partial charge in [-0.15, -0.1) is 0 Å². The third kappa shape index (κ3) is 3.37. The van der Waals surface area contributed by atoms with Gasteiger partial charge in [0.05, 0.1) is 5.92 Å². The fourth-order valence-electron chi connectivity index (χ4n) is 2.36. The van der Waals surface area contributed by atoms with E-state index in [1.807, 2.05) is 0 Å². The van der Waals surface area contributed by atoms with Crippen LogP contribution in [0.2, 0.25) is 0 Å². The van der Waals surface area contributed by atoms with E-state index in [0.29, 0.717) is 17.9 Å². The summed E-state index contributed by atoms with van der Waals surface area (Å²) in [6.45, 7) is 1.87. The van der Waals surface area contributed by atoms with Crippen LogP contribution in [0.1, 0.15) is 32.6 Å². The van der Waals surface area contributed by atoms with Crippen molar-refractivity contribution in [3.63, 3.8) is 0 Å². The average Bonchev–Trinajstić information content (AvgIpc) is 3.16. The normalized spacial score (nSPS) is 20.6. The zero-order valence-electron chi connectivity index (χ0n) is 11.1. The molecule has 5 heteroatoms.